The molecule has 0 aromatic heterocycles. The van der Waals surface area contributed by atoms with Crippen molar-refractivity contribution in [1.29, 1.82) is 0 Å². The number of hydrogen-bond acceptors (Lipinski definition) is 3. The summed E-state index contributed by atoms with van der Waals surface area (Å²) in [7, 11) is -1.29. The molecule has 1 fully saturated rings. The van der Waals surface area contributed by atoms with Gasteiger partial charge in [-0.05, 0) is 50.0 Å². The Morgan fingerprint density at radius 3 is 2.45 bits per heavy atom. The lowest BCUT2D eigenvalue weighted by atomic mass is 9.86. The van der Waals surface area contributed by atoms with Gasteiger partial charge in [-0.1, -0.05) is 44.2 Å². The van der Waals surface area contributed by atoms with Crippen LogP contribution >= 0.6 is 0 Å². The maximum atomic E-state index is 12.0. The van der Waals surface area contributed by atoms with Crippen LogP contribution in [0.1, 0.15) is 52.0 Å². The number of sulfonamides is 1. The Balaban J connectivity index is 1.72. The van der Waals surface area contributed by atoms with Gasteiger partial charge in [0.05, 0.1) is 5.75 Å². The maximum Gasteiger partial charge on any atom is 0.213 e. The van der Waals surface area contributed by atoms with Gasteiger partial charge in [-0.3, -0.25) is 4.99 Å². The summed E-state index contributed by atoms with van der Waals surface area (Å²) in [5, 5.41) is 6.93. The normalized spacial score (nSPS) is 17.3. The molecule has 29 heavy (non-hydrogen) atoms. The van der Waals surface area contributed by atoms with Crippen LogP contribution in [0.15, 0.2) is 35.3 Å². The third-order valence-corrected chi connectivity index (χ3v) is 7.55. The minimum Gasteiger partial charge on any atom is -0.356 e. The molecule has 0 amide bonds. The fourth-order valence-electron chi connectivity index (χ4n) is 3.68. The average molecular weight is 423 g/mol. The van der Waals surface area contributed by atoms with Gasteiger partial charge in [0.1, 0.15) is 0 Å². The number of guanidine groups is 1. The molecule has 0 spiro atoms. The van der Waals surface area contributed by atoms with Crippen LogP contribution in [-0.2, 0) is 16.4 Å². The summed E-state index contributed by atoms with van der Waals surface area (Å²) in [6.07, 6.45) is 5.02. The molecular formula is C22H38N4O2S. The molecule has 1 aliphatic rings. The van der Waals surface area contributed by atoms with Crippen LogP contribution in [0.5, 0.6) is 0 Å². The topological polar surface area (TPSA) is 73.8 Å². The van der Waals surface area contributed by atoms with Gasteiger partial charge in [-0.2, -0.15) is 0 Å². The lowest BCUT2D eigenvalue weighted by Crippen LogP contribution is -2.51. The van der Waals surface area contributed by atoms with E-state index in [1.807, 2.05) is 0 Å². The molecule has 0 bridgehead atoms. The van der Waals surface area contributed by atoms with Gasteiger partial charge in [0.15, 0.2) is 5.96 Å². The molecule has 164 valence electrons. The monoisotopic (exact) mass is 422 g/mol. The van der Waals surface area contributed by atoms with Crippen molar-refractivity contribution in [2.24, 2.45) is 10.4 Å². The number of nitrogens with one attached hydrogen (secondary N) is 2. The molecule has 0 atom stereocenters. The van der Waals surface area contributed by atoms with E-state index in [0.29, 0.717) is 13.1 Å². The molecule has 1 aromatic rings. The minimum absolute atomic E-state index is 0.172. The van der Waals surface area contributed by atoms with Crippen LogP contribution in [-0.4, -0.2) is 57.2 Å². The van der Waals surface area contributed by atoms with E-state index in [1.54, 1.807) is 18.3 Å². The molecule has 0 unspecified atom stereocenters. The first kappa shape index (κ1) is 23.7. The zero-order valence-corrected chi connectivity index (χ0v) is 19.3. The molecule has 0 aliphatic carbocycles. The van der Waals surface area contributed by atoms with E-state index in [-0.39, 0.29) is 17.2 Å². The summed E-state index contributed by atoms with van der Waals surface area (Å²) in [6, 6.07) is 10.9. The number of aryl methyl sites for hydroxylation is 1. The lowest BCUT2D eigenvalue weighted by Gasteiger charge is -2.33. The third-order valence-electron chi connectivity index (χ3n) is 5.67. The zero-order valence-electron chi connectivity index (χ0n) is 18.4. The van der Waals surface area contributed by atoms with E-state index in [0.717, 1.165) is 44.6 Å². The number of rotatable bonds is 9. The highest BCUT2D eigenvalue weighted by Gasteiger charge is 2.27. The lowest BCUT2D eigenvalue weighted by molar-refractivity contribution is 0.301. The highest BCUT2D eigenvalue weighted by molar-refractivity contribution is 7.89. The van der Waals surface area contributed by atoms with E-state index in [2.05, 4.69) is 59.8 Å². The molecule has 1 aliphatic heterocycles. The molecule has 2 N–H and O–H groups in total. The minimum atomic E-state index is -3.08. The number of benzene rings is 1. The van der Waals surface area contributed by atoms with Crippen molar-refractivity contribution < 1.29 is 8.42 Å². The Morgan fingerprint density at radius 2 is 1.86 bits per heavy atom. The smallest absolute Gasteiger partial charge is 0.213 e. The molecule has 7 heteroatoms. The van der Waals surface area contributed by atoms with Crippen molar-refractivity contribution in [1.82, 2.24) is 14.9 Å². The Kier molecular flexibility index (Phi) is 8.96. The van der Waals surface area contributed by atoms with Gasteiger partial charge in [-0.15, -0.1) is 0 Å². The van der Waals surface area contributed by atoms with Crippen LogP contribution in [0.25, 0.3) is 0 Å². The molecule has 0 saturated carbocycles. The number of piperidine rings is 1. The Labute approximate surface area is 177 Å². The van der Waals surface area contributed by atoms with Gasteiger partial charge >= 0.3 is 0 Å². The van der Waals surface area contributed by atoms with Crippen molar-refractivity contribution in [2.75, 3.05) is 32.4 Å². The summed E-state index contributed by atoms with van der Waals surface area (Å²) in [5.74, 6) is 0.978. The summed E-state index contributed by atoms with van der Waals surface area (Å²) < 4.78 is 25.6. The predicted molar refractivity (Wildman–Crippen MR) is 122 cm³/mol. The van der Waals surface area contributed by atoms with E-state index < -0.39 is 10.0 Å². The van der Waals surface area contributed by atoms with Gasteiger partial charge in [0.2, 0.25) is 10.0 Å². The van der Waals surface area contributed by atoms with Crippen molar-refractivity contribution in [2.45, 2.75) is 58.9 Å². The first-order valence-electron chi connectivity index (χ1n) is 10.7. The summed E-state index contributed by atoms with van der Waals surface area (Å²) in [5.41, 5.74) is 1.57. The second-order valence-electron chi connectivity index (χ2n) is 8.65. The fraction of sp³-hybridized carbons (Fsp3) is 0.682. The van der Waals surface area contributed by atoms with E-state index in [9.17, 15) is 8.42 Å². The van der Waals surface area contributed by atoms with E-state index >= 15 is 0 Å². The second kappa shape index (κ2) is 11.0. The summed E-state index contributed by atoms with van der Waals surface area (Å²) in [4.78, 5) is 4.36. The predicted octanol–water partition coefficient (Wildman–Crippen LogP) is 3.01. The number of nitrogens with zero attached hydrogens (tertiary/aromatic N) is 2. The van der Waals surface area contributed by atoms with Crippen LogP contribution in [0, 0.1) is 5.41 Å². The second-order valence-corrected chi connectivity index (χ2v) is 10.9. The quantitative estimate of drug-likeness (QED) is 0.474. The Morgan fingerprint density at radius 1 is 1.21 bits per heavy atom. The number of hydrogen-bond donors (Lipinski definition) is 2. The molecular weight excluding hydrogens is 384 g/mol. The SMILES string of the molecule is CCS(=O)(=O)N1CCC(NC(=NC)NCC(C)(C)CCCc2ccccc2)CC1. The van der Waals surface area contributed by atoms with Crippen LogP contribution in [0.2, 0.25) is 0 Å². The largest absolute Gasteiger partial charge is 0.356 e. The first-order valence-corrected chi connectivity index (χ1v) is 12.4. The van der Waals surface area contributed by atoms with Gasteiger partial charge < -0.3 is 10.6 Å². The zero-order chi connectivity index (χ0) is 21.3. The highest BCUT2D eigenvalue weighted by Crippen LogP contribution is 2.22. The number of aliphatic imine (C=N–C) groups is 1. The molecule has 1 heterocycles. The Hall–Kier alpha value is -1.60. The van der Waals surface area contributed by atoms with Gasteiger partial charge in [-0.25, -0.2) is 12.7 Å². The third kappa shape index (κ3) is 7.97. The average Bonchev–Trinajstić information content (AvgIpc) is 2.72. The van der Waals surface area contributed by atoms with Gasteiger partial charge in [0, 0.05) is 32.7 Å². The standard InChI is InChI=1S/C22H38N4O2S/c1-5-29(27,28)26-16-13-20(14-17-26)25-21(23-4)24-18-22(2,3)15-9-12-19-10-7-6-8-11-19/h6-8,10-11,20H,5,9,12-18H2,1-4H3,(H2,23,24,25). The van der Waals surface area contributed by atoms with E-state index in [4.69, 9.17) is 0 Å². The maximum absolute atomic E-state index is 12.0. The fourth-order valence-corrected chi connectivity index (χ4v) is 4.81. The van der Waals surface area contributed by atoms with Gasteiger partial charge in [0.25, 0.3) is 0 Å². The van der Waals surface area contributed by atoms with E-state index in [1.165, 1.54) is 5.56 Å². The van der Waals surface area contributed by atoms with Crippen molar-refractivity contribution in [3.05, 3.63) is 35.9 Å². The van der Waals surface area contributed by atoms with Crippen LogP contribution in [0.4, 0.5) is 0 Å². The Bertz CT molecular complexity index is 739. The summed E-state index contributed by atoms with van der Waals surface area (Å²) >= 11 is 0. The van der Waals surface area contributed by atoms with Crippen LogP contribution < -0.4 is 10.6 Å². The molecule has 2 rings (SSSR count). The first-order chi connectivity index (χ1) is 13.8. The van der Waals surface area contributed by atoms with Crippen molar-refractivity contribution in [3.63, 3.8) is 0 Å². The van der Waals surface area contributed by atoms with Crippen LogP contribution in [0.3, 0.4) is 0 Å². The van der Waals surface area contributed by atoms with Crippen molar-refractivity contribution >= 4 is 16.0 Å². The molecule has 1 saturated heterocycles. The molecule has 0 radical (unpaired) electrons. The molecule has 6 nitrogen and oxygen atoms in total. The van der Waals surface area contributed by atoms with Crippen molar-refractivity contribution in [3.8, 4) is 0 Å². The highest BCUT2D eigenvalue weighted by atomic mass is 32.2. The summed E-state index contributed by atoms with van der Waals surface area (Å²) in [6.45, 7) is 8.28. The molecule has 1 aromatic carbocycles.